The predicted molar refractivity (Wildman–Crippen MR) is 200 cm³/mol. The van der Waals surface area contributed by atoms with Gasteiger partial charge in [-0.2, -0.15) is 0 Å². The maximum Gasteiger partial charge on any atom is 0.167 e. The second-order valence-electron chi connectivity index (χ2n) is 12.1. The minimum absolute atomic E-state index is 0.570. The summed E-state index contributed by atoms with van der Waals surface area (Å²) in [6, 6.07) is 60.6. The molecule has 0 aliphatic heterocycles. The van der Waals surface area contributed by atoms with Gasteiger partial charge in [-0.05, 0) is 57.6 Å². The van der Waals surface area contributed by atoms with Gasteiger partial charge in [-0.25, -0.2) is 15.0 Å². The molecule has 4 nitrogen and oxygen atoms in total. The second kappa shape index (κ2) is 12.2. The van der Waals surface area contributed by atoms with Gasteiger partial charge < -0.3 is 4.42 Å². The molecule has 2 heterocycles. The van der Waals surface area contributed by atoms with E-state index < -0.39 is 0 Å². The summed E-state index contributed by atoms with van der Waals surface area (Å²) in [7, 11) is 0. The van der Waals surface area contributed by atoms with Crippen molar-refractivity contribution >= 4 is 21.9 Å². The van der Waals surface area contributed by atoms with Crippen LogP contribution in [0.25, 0.3) is 89.5 Å². The standard InChI is InChI=1S/C45H29N3O/c1-3-12-30(13-4-1)34-16-9-17-35(28-34)31-24-26-32(27-25-31)36-18-10-19-37(29-36)44-46-43(33-14-5-2-6-15-33)47-45(48-44)40-22-11-21-39-38-20-7-8-23-41(38)49-42(39)40/h1-29H. The van der Waals surface area contributed by atoms with Crippen LogP contribution in [0.5, 0.6) is 0 Å². The van der Waals surface area contributed by atoms with Gasteiger partial charge >= 0.3 is 0 Å². The number of aromatic nitrogens is 3. The van der Waals surface area contributed by atoms with Gasteiger partial charge in [0.1, 0.15) is 11.2 Å². The Morgan fingerprint density at radius 2 is 0.755 bits per heavy atom. The van der Waals surface area contributed by atoms with Gasteiger partial charge in [0.2, 0.25) is 0 Å². The summed E-state index contributed by atoms with van der Waals surface area (Å²) in [5.41, 5.74) is 11.3. The Kier molecular flexibility index (Phi) is 7.10. The molecule has 0 saturated carbocycles. The van der Waals surface area contributed by atoms with Crippen LogP contribution in [0, 0.1) is 0 Å². The topological polar surface area (TPSA) is 51.8 Å². The summed E-state index contributed by atoms with van der Waals surface area (Å²) >= 11 is 0. The molecule has 4 heteroatoms. The van der Waals surface area contributed by atoms with Gasteiger partial charge in [-0.3, -0.25) is 0 Å². The van der Waals surface area contributed by atoms with Crippen molar-refractivity contribution < 1.29 is 4.42 Å². The third kappa shape index (κ3) is 5.45. The van der Waals surface area contributed by atoms with E-state index in [2.05, 4.69) is 109 Å². The van der Waals surface area contributed by atoms with E-state index in [1.54, 1.807) is 0 Å². The van der Waals surface area contributed by atoms with Crippen molar-refractivity contribution in [1.82, 2.24) is 15.0 Å². The fourth-order valence-corrected chi connectivity index (χ4v) is 6.47. The fraction of sp³-hybridized carbons (Fsp3) is 0. The Balaban J connectivity index is 1.11. The molecular formula is C45H29N3O. The van der Waals surface area contributed by atoms with E-state index in [9.17, 15) is 0 Å². The predicted octanol–water partition coefficient (Wildman–Crippen LogP) is 11.8. The Morgan fingerprint density at radius 3 is 1.43 bits per heavy atom. The van der Waals surface area contributed by atoms with E-state index >= 15 is 0 Å². The smallest absolute Gasteiger partial charge is 0.167 e. The van der Waals surface area contributed by atoms with Gasteiger partial charge in [0.25, 0.3) is 0 Å². The lowest BCUT2D eigenvalue weighted by molar-refractivity contribution is 0.669. The van der Waals surface area contributed by atoms with Crippen LogP contribution < -0.4 is 0 Å². The minimum atomic E-state index is 0.570. The summed E-state index contributed by atoms with van der Waals surface area (Å²) < 4.78 is 6.38. The minimum Gasteiger partial charge on any atom is -0.455 e. The number of rotatable bonds is 6. The van der Waals surface area contributed by atoms with Gasteiger partial charge in [-0.15, -0.1) is 0 Å². The van der Waals surface area contributed by atoms with E-state index in [0.717, 1.165) is 49.8 Å². The zero-order valence-corrected chi connectivity index (χ0v) is 26.5. The van der Waals surface area contributed by atoms with Crippen LogP contribution in [0.15, 0.2) is 180 Å². The first-order valence-corrected chi connectivity index (χ1v) is 16.4. The summed E-state index contributed by atoms with van der Waals surface area (Å²) in [5.74, 6) is 1.79. The van der Waals surface area contributed by atoms with Crippen LogP contribution >= 0.6 is 0 Å². The quantitative estimate of drug-likeness (QED) is 0.184. The van der Waals surface area contributed by atoms with Crippen LogP contribution in [0.4, 0.5) is 0 Å². The summed E-state index contributed by atoms with van der Waals surface area (Å²) in [4.78, 5) is 15.0. The number of para-hydroxylation sites is 2. The number of fused-ring (bicyclic) bond motifs is 3. The number of hydrogen-bond donors (Lipinski definition) is 0. The Bertz CT molecular complexity index is 2590. The summed E-state index contributed by atoms with van der Waals surface area (Å²) in [5, 5.41) is 2.10. The van der Waals surface area contributed by atoms with E-state index in [0.29, 0.717) is 17.5 Å². The van der Waals surface area contributed by atoms with Crippen LogP contribution in [0.2, 0.25) is 0 Å². The van der Waals surface area contributed by atoms with E-state index in [1.165, 1.54) is 22.3 Å². The fourth-order valence-electron chi connectivity index (χ4n) is 6.47. The molecule has 0 atom stereocenters. The van der Waals surface area contributed by atoms with Crippen LogP contribution in [0.3, 0.4) is 0 Å². The molecule has 9 aromatic rings. The molecule has 7 aromatic carbocycles. The van der Waals surface area contributed by atoms with Crippen LogP contribution in [-0.2, 0) is 0 Å². The molecule has 0 unspecified atom stereocenters. The molecule has 2 aromatic heterocycles. The van der Waals surface area contributed by atoms with Crippen molar-refractivity contribution in [2.75, 3.05) is 0 Å². The maximum atomic E-state index is 6.38. The first kappa shape index (κ1) is 28.6. The van der Waals surface area contributed by atoms with E-state index in [1.807, 2.05) is 66.7 Å². The summed E-state index contributed by atoms with van der Waals surface area (Å²) in [6.45, 7) is 0. The molecule has 0 aliphatic rings. The first-order chi connectivity index (χ1) is 24.3. The Labute approximate surface area is 284 Å². The Morgan fingerprint density at radius 1 is 0.306 bits per heavy atom. The lowest BCUT2D eigenvalue weighted by Gasteiger charge is -2.10. The van der Waals surface area contributed by atoms with Gasteiger partial charge in [0.05, 0.1) is 5.56 Å². The second-order valence-corrected chi connectivity index (χ2v) is 12.1. The monoisotopic (exact) mass is 627 g/mol. The van der Waals surface area contributed by atoms with Crippen LogP contribution in [-0.4, -0.2) is 15.0 Å². The number of nitrogens with zero attached hydrogens (tertiary/aromatic N) is 3. The van der Waals surface area contributed by atoms with Crippen molar-refractivity contribution in [3.05, 3.63) is 176 Å². The highest BCUT2D eigenvalue weighted by atomic mass is 16.3. The third-order valence-electron chi connectivity index (χ3n) is 8.95. The van der Waals surface area contributed by atoms with Crippen molar-refractivity contribution in [3.63, 3.8) is 0 Å². The zero-order valence-electron chi connectivity index (χ0n) is 26.5. The van der Waals surface area contributed by atoms with Crippen molar-refractivity contribution in [2.45, 2.75) is 0 Å². The van der Waals surface area contributed by atoms with Crippen LogP contribution in [0.1, 0.15) is 0 Å². The average molecular weight is 628 g/mol. The van der Waals surface area contributed by atoms with Crippen molar-refractivity contribution in [1.29, 1.82) is 0 Å². The highest BCUT2D eigenvalue weighted by Gasteiger charge is 2.18. The number of hydrogen-bond acceptors (Lipinski definition) is 4. The molecule has 0 N–H and O–H groups in total. The third-order valence-corrected chi connectivity index (χ3v) is 8.95. The molecule has 9 rings (SSSR count). The van der Waals surface area contributed by atoms with Gasteiger partial charge in [0.15, 0.2) is 17.5 Å². The summed E-state index contributed by atoms with van der Waals surface area (Å²) in [6.07, 6.45) is 0. The highest BCUT2D eigenvalue weighted by Crippen LogP contribution is 2.36. The first-order valence-electron chi connectivity index (χ1n) is 16.4. The number of benzene rings is 7. The van der Waals surface area contributed by atoms with Crippen molar-refractivity contribution in [3.8, 4) is 67.5 Å². The molecule has 49 heavy (non-hydrogen) atoms. The molecule has 0 radical (unpaired) electrons. The Hall–Kier alpha value is -6.65. The van der Waals surface area contributed by atoms with E-state index in [-0.39, 0.29) is 0 Å². The van der Waals surface area contributed by atoms with E-state index in [4.69, 9.17) is 19.4 Å². The van der Waals surface area contributed by atoms with Crippen molar-refractivity contribution in [2.24, 2.45) is 0 Å². The molecule has 0 saturated heterocycles. The molecule has 230 valence electrons. The highest BCUT2D eigenvalue weighted by molar-refractivity contribution is 6.09. The van der Waals surface area contributed by atoms with Gasteiger partial charge in [-0.1, -0.05) is 152 Å². The lowest BCUT2D eigenvalue weighted by Crippen LogP contribution is -2.00. The average Bonchev–Trinajstić information content (AvgIpc) is 3.58. The SMILES string of the molecule is c1ccc(-c2cccc(-c3ccc(-c4cccc(-c5nc(-c6ccccc6)nc(-c6cccc7c6oc6ccccc67)n5)c4)cc3)c2)cc1. The molecule has 0 fully saturated rings. The lowest BCUT2D eigenvalue weighted by atomic mass is 9.96. The molecule has 0 amide bonds. The molecule has 0 bridgehead atoms. The normalized spacial score (nSPS) is 11.3. The molecule has 0 spiro atoms. The molecular weight excluding hydrogens is 599 g/mol. The van der Waals surface area contributed by atoms with Gasteiger partial charge in [0, 0.05) is 21.9 Å². The maximum absolute atomic E-state index is 6.38. The zero-order chi connectivity index (χ0) is 32.6. The largest absolute Gasteiger partial charge is 0.455 e. The number of furan rings is 1. The molecule has 0 aliphatic carbocycles.